The van der Waals surface area contributed by atoms with Crippen molar-refractivity contribution >= 4 is 34.5 Å². The molecular weight excluding hydrogens is 384 g/mol. The van der Waals surface area contributed by atoms with Crippen LogP contribution in [-0.2, 0) is 0 Å². The van der Waals surface area contributed by atoms with Crippen molar-refractivity contribution in [3.8, 4) is 5.69 Å². The molecule has 0 aliphatic carbocycles. The maximum Gasteiger partial charge on any atom is 0.257 e. The summed E-state index contributed by atoms with van der Waals surface area (Å²) in [7, 11) is 0. The van der Waals surface area contributed by atoms with Crippen LogP contribution in [0.3, 0.4) is 0 Å². The zero-order valence-corrected chi connectivity index (χ0v) is 16.4. The molecule has 2 aromatic carbocycles. The van der Waals surface area contributed by atoms with E-state index >= 15 is 0 Å². The number of carbonyl (C=O) groups is 2. The Balaban J connectivity index is 1.55. The lowest BCUT2D eigenvalue weighted by Gasteiger charge is -2.12. The van der Waals surface area contributed by atoms with Crippen molar-refractivity contribution in [2.45, 2.75) is 6.92 Å². The van der Waals surface area contributed by atoms with Gasteiger partial charge in [-0.2, -0.15) is 16.4 Å². The SMILES string of the molecule is Cc1ccnn1-c1cccc(NC(=O)c2ccccc2NC(=O)c2ccsc2)c1. The molecule has 2 N–H and O–H groups in total. The molecule has 0 spiro atoms. The predicted molar refractivity (Wildman–Crippen MR) is 115 cm³/mol. The Kier molecular flexibility index (Phi) is 5.22. The van der Waals surface area contributed by atoms with Crippen LogP contribution in [0.5, 0.6) is 0 Å². The summed E-state index contributed by atoms with van der Waals surface area (Å²) in [5.74, 6) is -0.553. The van der Waals surface area contributed by atoms with E-state index in [9.17, 15) is 9.59 Å². The summed E-state index contributed by atoms with van der Waals surface area (Å²) in [6.07, 6.45) is 1.73. The first-order valence-corrected chi connectivity index (χ1v) is 9.91. The molecule has 0 unspecified atom stereocenters. The smallest absolute Gasteiger partial charge is 0.257 e. The van der Waals surface area contributed by atoms with E-state index in [1.54, 1.807) is 46.6 Å². The zero-order chi connectivity index (χ0) is 20.2. The standard InChI is InChI=1S/C22H18N4O2S/c1-15-9-11-23-26(15)18-6-4-5-17(13-18)24-22(28)19-7-2-3-8-20(19)25-21(27)16-10-12-29-14-16/h2-14H,1H3,(H,24,28)(H,25,27). The summed E-state index contributed by atoms with van der Waals surface area (Å²) in [6, 6.07) is 18.0. The minimum Gasteiger partial charge on any atom is -0.322 e. The van der Waals surface area contributed by atoms with Crippen LogP contribution in [0.15, 0.2) is 77.6 Å². The number of amides is 2. The van der Waals surface area contributed by atoms with Gasteiger partial charge in [-0.3, -0.25) is 9.59 Å². The lowest BCUT2D eigenvalue weighted by atomic mass is 10.1. The number of aryl methyl sites for hydroxylation is 1. The molecule has 0 aliphatic rings. The maximum absolute atomic E-state index is 12.9. The molecule has 7 heteroatoms. The average molecular weight is 402 g/mol. The van der Waals surface area contributed by atoms with Gasteiger partial charge < -0.3 is 10.6 Å². The fourth-order valence-electron chi connectivity index (χ4n) is 2.93. The molecule has 144 valence electrons. The molecule has 0 saturated carbocycles. The largest absolute Gasteiger partial charge is 0.322 e. The Hall–Kier alpha value is -3.71. The van der Waals surface area contributed by atoms with Gasteiger partial charge in [0.15, 0.2) is 0 Å². The number of carbonyl (C=O) groups excluding carboxylic acids is 2. The molecule has 0 saturated heterocycles. The number of rotatable bonds is 5. The van der Waals surface area contributed by atoms with Gasteiger partial charge in [-0.1, -0.05) is 18.2 Å². The van der Waals surface area contributed by atoms with Crippen LogP contribution in [0, 0.1) is 6.92 Å². The number of aromatic nitrogens is 2. The highest BCUT2D eigenvalue weighted by molar-refractivity contribution is 7.08. The van der Waals surface area contributed by atoms with E-state index in [0.29, 0.717) is 22.5 Å². The Morgan fingerprint density at radius 2 is 1.83 bits per heavy atom. The summed E-state index contributed by atoms with van der Waals surface area (Å²) in [4.78, 5) is 25.3. The number of para-hydroxylation sites is 1. The normalized spacial score (nSPS) is 10.5. The molecule has 29 heavy (non-hydrogen) atoms. The van der Waals surface area contributed by atoms with E-state index in [4.69, 9.17) is 0 Å². The second kappa shape index (κ2) is 8.12. The van der Waals surface area contributed by atoms with Crippen LogP contribution >= 0.6 is 11.3 Å². The third-order valence-corrected chi connectivity index (χ3v) is 5.07. The second-order valence-corrected chi connectivity index (χ2v) is 7.18. The average Bonchev–Trinajstić information content (AvgIpc) is 3.40. The van der Waals surface area contributed by atoms with Gasteiger partial charge >= 0.3 is 0 Å². The van der Waals surface area contributed by atoms with Crippen molar-refractivity contribution in [3.63, 3.8) is 0 Å². The molecule has 4 aromatic rings. The number of nitrogens with one attached hydrogen (secondary N) is 2. The summed E-state index contributed by atoms with van der Waals surface area (Å²) in [6.45, 7) is 1.96. The van der Waals surface area contributed by atoms with Crippen LogP contribution < -0.4 is 10.6 Å². The van der Waals surface area contributed by atoms with Crippen molar-refractivity contribution in [3.05, 3.63) is 94.4 Å². The first-order valence-electron chi connectivity index (χ1n) is 8.97. The Morgan fingerprint density at radius 3 is 2.59 bits per heavy atom. The molecule has 0 aliphatic heterocycles. The highest BCUT2D eigenvalue weighted by Gasteiger charge is 2.15. The van der Waals surface area contributed by atoms with Gasteiger partial charge in [-0.05, 0) is 54.8 Å². The van der Waals surface area contributed by atoms with E-state index in [2.05, 4.69) is 15.7 Å². The van der Waals surface area contributed by atoms with Gasteiger partial charge in [-0.15, -0.1) is 0 Å². The van der Waals surface area contributed by atoms with E-state index in [1.165, 1.54) is 11.3 Å². The first-order chi connectivity index (χ1) is 14.1. The van der Waals surface area contributed by atoms with Crippen LogP contribution in [0.1, 0.15) is 26.4 Å². The third-order valence-electron chi connectivity index (χ3n) is 4.38. The van der Waals surface area contributed by atoms with E-state index in [0.717, 1.165) is 11.4 Å². The minimum atomic E-state index is -0.305. The predicted octanol–water partition coefficient (Wildman–Crippen LogP) is 4.75. The number of thiophene rings is 1. The monoisotopic (exact) mass is 402 g/mol. The number of nitrogens with zero attached hydrogens (tertiary/aromatic N) is 2. The van der Waals surface area contributed by atoms with Crippen molar-refractivity contribution in [2.75, 3.05) is 10.6 Å². The molecule has 2 amide bonds. The lowest BCUT2D eigenvalue weighted by molar-refractivity contribution is 0.102. The zero-order valence-electron chi connectivity index (χ0n) is 15.6. The highest BCUT2D eigenvalue weighted by Crippen LogP contribution is 2.21. The molecule has 2 heterocycles. The van der Waals surface area contributed by atoms with E-state index < -0.39 is 0 Å². The van der Waals surface area contributed by atoms with Gasteiger partial charge in [0.2, 0.25) is 0 Å². The van der Waals surface area contributed by atoms with Gasteiger partial charge in [-0.25, -0.2) is 4.68 Å². The topological polar surface area (TPSA) is 76.0 Å². The molecular formula is C22H18N4O2S. The van der Waals surface area contributed by atoms with Crippen molar-refractivity contribution in [1.29, 1.82) is 0 Å². The summed E-state index contributed by atoms with van der Waals surface area (Å²) < 4.78 is 1.80. The van der Waals surface area contributed by atoms with Gasteiger partial charge in [0.05, 0.1) is 22.5 Å². The molecule has 0 bridgehead atoms. The number of benzene rings is 2. The quantitative estimate of drug-likeness (QED) is 0.506. The van der Waals surface area contributed by atoms with E-state index in [1.807, 2.05) is 42.6 Å². The Labute approximate surface area is 171 Å². The summed E-state index contributed by atoms with van der Waals surface area (Å²) >= 11 is 1.44. The number of hydrogen-bond donors (Lipinski definition) is 2. The first kappa shape index (κ1) is 18.6. The van der Waals surface area contributed by atoms with E-state index in [-0.39, 0.29) is 11.8 Å². The van der Waals surface area contributed by atoms with Crippen molar-refractivity contribution in [1.82, 2.24) is 9.78 Å². The third kappa shape index (κ3) is 4.09. The molecule has 6 nitrogen and oxygen atoms in total. The number of anilines is 2. The summed E-state index contributed by atoms with van der Waals surface area (Å²) in [5.41, 5.74) is 3.89. The minimum absolute atomic E-state index is 0.248. The molecule has 4 rings (SSSR count). The molecule has 0 radical (unpaired) electrons. The Morgan fingerprint density at radius 1 is 0.966 bits per heavy atom. The number of hydrogen-bond acceptors (Lipinski definition) is 4. The molecule has 0 fully saturated rings. The molecule has 0 atom stereocenters. The Bertz CT molecular complexity index is 1170. The highest BCUT2D eigenvalue weighted by atomic mass is 32.1. The van der Waals surface area contributed by atoms with Crippen molar-refractivity contribution < 1.29 is 9.59 Å². The van der Waals surface area contributed by atoms with Gasteiger partial charge in [0.1, 0.15) is 0 Å². The van der Waals surface area contributed by atoms with Gasteiger partial charge in [0, 0.05) is 23.0 Å². The van der Waals surface area contributed by atoms with Crippen LogP contribution in [0.25, 0.3) is 5.69 Å². The van der Waals surface area contributed by atoms with Crippen LogP contribution in [0.4, 0.5) is 11.4 Å². The van der Waals surface area contributed by atoms with Gasteiger partial charge in [0.25, 0.3) is 11.8 Å². The fraction of sp³-hybridized carbons (Fsp3) is 0.0455. The van der Waals surface area contributed by atoms with Crippen molar-refractivity contribution in [2.24, 2.45) is 0 Å². The second-order valence-electron chi connectivity index (χ2n) is 6.40. The van der Waals surface area contributed by atoms with Crippen LogP contribution in [0.2, 0.25) is 0 Å². The maximum atomic E-state index is 12.9. The fourth-order valence-corrected chi connectivity index (χ4v) is 3.57. The molecule has 2 aromatic heterocycles. The van der Waals surface area contributed by atoms with Crippen LogP contribution in [-0.4, -0.2) is 21.6 Å². The lowest BCUT2D eigenvalue weighted by Crippen LogP contribution is -2.18. The summed E-state index contributed by atoms with van der Waals surface area (Å²) in [5, 5.41) is 13.6.